The van der Waals surface area contributed by atoms with Gasteiger partial charge in [-0.15, -0.1) is 10.2 Å². The number of amides is 2. The summed E-state index contributed by atoms with van der Waals surface area (Å²) in [5, 5.41) is 14.3. The SMILES string of the molecule is COc1ccccc1-n1cnnc1SCC(=O)Nc1ccccc1C(=O)Nc1cccc(C)c1. The molecule has 9 heteroatoms. The van der Waals surface area contributed by atoms with Gasteiger partial charge in [-0.2, -0.15) is 0 Å². The summed E-state index contributed by atoms with van der Waals surface area (Å²) in [6.45, 7) is 1.95. The molecule has 0 aliphatic heterocycles. The first-order valence-electron chi connectivity index (χ1n) is 10.5. The number of nitrogens with one attached hydrogen (secondary N) is 2. The van der Waals surface area contributed by atoms with Gasteiger partial charge in [-0.05, 0) is 48.9 Å². The van der Waals surface area contributed by atoms with Crippen molar-refractivity contribution in [3.63, 3.8) is 0 Å². The van der Waals surface area contributed by atoms with Crippen LogP contribution in [0, 0.1) is 6.92 Å². The maximum Gasteiger partial charge on any atom is 0.257 e. The molecule has 0 saturated heterocycles. The van der Waals surface area contributed by atoms with Crippen molar-refractivity contribution in [3.05, 3.63) is 90.3 Å². The number of hydrogen-bond donors (Lipinski definition) is 2. The quantitative estimate of drug-likeness (QED) is 0.364. The van der Waals surface area contributed by atoms with E-state index in [9.17, 15) is 9.59 Å². The second-order valence-corrected chi connectivity index (χ2v) is 8.30. The number of nitrogens with zero attached hydrogens (tertiary/aromatic N) is 3. The first-order chi connectivity index (χ1) is 16.5. The number of anilines is 2. The molecule has 34 heavy (non-hydrogen) atoms. The Morgan fingerprint density at radius 2 is 1.79 bits per heavy atom. The van der Waals surface area contributed by atoms with Crippen LogP contribution < -0.4 is 15.4 Å². The molecule has 8 nitrogen and oxygen atoms in total. The molecular weight excluding hydrogens is 450 g/mol. The Bertz CT molecular complexity index is 1320. The molecule has 3 aromatic carbocycles. The number of aromatic nitrogens is 3. The molecule has 0 unspecified atom stereocenters. The van der Waals surface area contributed by atoms with Gasteiger partial charge in [0.1, 0.15) is 12.1 Å². The minimum absolute atomic E-state index is 0.0850. The lowest BCUT2D eigenvalue weighted by molar-refractivity contribution is -0.113. The van der Waals surface area contributed by atoms with Crippen molar-refractivity contribution in [1.82, 2.24) is 14.8 Å². The van der Waals surface area contributed by atoms with E-state index in [-0.39, 0.29) is 17.6 Å². The normalized spacial score (nSPS) is 10.5. The Morgan fingerprint density at radius 3 is 2.62 bits per heavy atom. The van der Waals surface area contributed by atoms with Crippen LogP contribution in [0.15, 0.2) is 84.3 Å². The fourth-order valence-corrected chi connectivity index (χ4v) is 4.07. The highest BCUT2D eigenvalue weighted by atomic mass is 32.2. The average molecular weight is 474 g/mol. The Morgan fingerprint density at radius 1 is 1.00 bits per heavy atom. The van der Waals surface area contributed by atoms with Gasteiger partial charge in [0.15, 0.2) is 5.16 Å². The van der Waals surface area contributed by atoms with Gasteiger partial charge in [-0.3, -0.25) is 14.2 Å². The summed E-state index contributed by atoms with van der Waals surface area (Å²) in [7, 11) is 1.59. The van der Waals surface area contributed by atoms with E-state index in [4.69, 9.17) is 4.74 Å². The van der Waals surface area contributed by atoms with E-state index >= 15 is 0 Å². The third kappa shape index (κ3) is 5.44. The van der Waals surface area contributed by atoms with Crippen molar-refractivity contribution < 1.29 is 14.3 Å². The van der Waals surface area contributed by atoms with Gasteiger partial charge in [0.05, 0.1) is 29.8 Å². The highest BCUT2D eigenvalue weighted by Gasteiger charge is 2.16. The fourth-order valence-electron chi connectivity index (χ4n) is 3.34. The summed E-state index contributed by atoms with van der Waals surface area (Å²) in [5.74, 6) is 0.185. The number of ether oxygens (including phenoxy) is 1. The number of thioether (sulfide) groups is 1. The molecule has 0 radical (unpaired) electrons. The molecule has 0 atom stereocenters. The maximum atomic E-state index is 12.8. The third-order valence-corrected chi connectivity index (χ3v) is 5.86. The van der Waals surface area contributed by atoms with Gasteiger partial charge >= 0.3 is 0 Å². The van der Waals surface area contributed by atoms with Crippen LogP contribution in [0.1, 0.15) is 15.9 Å². The number of para-hydroxylation sites is 3. The first kappa shape index (κ1) is 23.1. The van der Waals surface area contributed by atoms with Gasteiger partial charge in [-0.25, -0.2) is 0 Å². The largest absolute Gasteiger partial charge is 0.495 e. The van der Waals surface area contributed by atoms with E-state index < -0.39 is 0 Å². The molecule has 2 N–H and O–H groups in total. The molecule has 1 heterocycles. The van der Waals surface area contributed by atoms with E-state index in [1.54, 1.807) is 42.3 Å². The van der Waals surface area contributed by atoms with Crippen molar-refractivity contribution in [1.29, 1.82) is 0 Å². The zero-order chi connectivity index (χ0) is 23.9. The summed E-state index contributed by atoms with van der Waals surface area (Å²) in [4.78, 5) is 25.5. The lowest BCUT2D eigenvalue weighted by atomic mass is 10.1. The molecule has 0 spiro atoms. The van der Waals surface area contributed by atoms with Crippen molar-refractivity contribution in [3.8, 4) is 11.4 Å². The van der Waals surface area contributed by atoms with Crippen LogP contribution in [-0.2, 0) is 4.79 Å². The van der Waals surface area contributed by atoms with Crippen LogP contribution in [0.2, 0.25) is 0 Å². The maximum absolute atomic E-state index is 12.8. The Labute approximate surface area is 201 Å². The highest BCUT2D eigenvalue weighted by molar-refractivity contribution is 7.99. The Kier molecular flexibility index (Phi) is 7.24. The van der Waals surface area contributed by atoms with Gasteiger partial charge in [0.25, 0.3) is 5.91 Å². The van der Waals surface area contributed by atoms with Crippen molar-refractivity contribution in [2.24, 2.45) is 0 Å². The van der Waals surface area contributed by atoms with Crippen LogP contribution in [0.25, 0.3) is 5.69 Å². The summed E-state index contributed by atoms with van der Waals surface area (Å²) in [6.07, 6.45) is 1.57. The van der Waals surface area contributed by atoms with Crippen LogP contribution >= 0.6 is 11.8 Å². The summed E-state index contributed by atoms with van der Waals surface area (Å²) in [5.41, 5.74) is 3.31. The van der Waals surface area contributed by atoms with Gasteiger partial charge in [0.2, 0.25) is 5.91 Å². The molecule has 1 aromatic heterocycles. The number of methoxy groups -OCH3 is 1. The van der Waals surface area contributed by atoms with Gasteiger partial charge < -0.3 is 15.4 Å². The second-order valence-electron chi connectivity index (χ2n) is 7.36. The van der Waals surface area contributed by atoms with E-state index in [0.29, 0.717) is 27.8 Å². The molecule has 2 amide bonds. The molecule has 0 bridgehead atoms. The predicted molar refractivity (Wildman–Crippen MR) is 133 cm³/mol. The molecule has 0 aliphatic carbocycles. The molecule has 4 rings (SSSR count). The number of carbonyl (C=O) groups is 2. The lowest BCUT2D eigenvalue weighted by Crippen LogP contribution is -2.19. The van der Waals surface area contributed by atoms with Gasteiger partial charge in [0, 0.05) is 5.69 Å². The fraction of sp³-hybridized carbons (Fsp3) is 0.120. The molecular formula is C25H23N5O3S. The number of hydrogen-bond acceptors (Lipinski definition) is 6. The monoisotopic (exact) mass is 473 g/mol. The van der Waals surface area contributed by atoms with Crippen LogP contribution in [0.4, 0.5) is 11.4 Å². The molecule has 172 valence electrons. The molecule has 0 fully saturated rings. The summed E-state index contributed by atoms with van der Waals surface area (Å²) in [6, 6.07) is 21.9. The van der Waals surface area contributed by atoms with E-state index in [1.165, 1.54) is 11.8 Å². The lowest BCUT2D eigenvalue weighted by Gasteiger charge is -2.12. The van der Waals surface area contributed by atoms with Crippen molar-refractivity contribution >= 4 is 35.0 Å². The first-order valence-corrected chi connectivity index (χ1v) is 11.5. The molecule has 4 aromatic rings. The second kappa shape index (κ2) is 10.7. The zero-order valence-electron chi connectivity index (χ0n) is 18.7. The summed E-state index contributed by atoms with van der Waals surface area (Å²) >= 11 is 1.23. The smallest absolute Gasteiger partial charge is 0.257 e. The van der Waals surface area contributed by atoms with Crippen molar-refractivity contribution in [2.45, 2.75) is 12.1 Å². The Hall–Kier alpha value is -4.11. The minimum atomic E-state index is -0.301. The van der Waals surface area contributed by atoms with Crippen LogP contribution in [0.3, 0.4) is 0 Å². The number of aryl methyl sites for hydroxylation is 1. The Balaban J connectivity index is 1.43. The van der Waals surface area contributed by atoms with Crippen LogP contribution in [0.5, 0.6) is 5.75 Å². The standard InChI is InChI=1S/C25H23N5O3S/c1-17-8-7-9-18(14-17)27-24(32)19-10-3-4-11-20(19)28-23(31)15-34-25-29-26-16-30(25)21-12-5-6-13-22(21)33-2/h3-14,16H,15H2,1-2H3,(H,27,32)(H,28,31). The predicted octanol–water partition coefficient (Wildman–Crippen LogP) is 4.57. The third-order valence-electron chi connectivity index (χ3n) is 4.92. The van der Waals surface area contributed by atoms with E-state index in [2.05, 4.69) is 20.8 Å². The highest BCUT2D eigenvalue weighted by Crippen LogP contribution is 2.27. The van der Waals surface area contributed by atoms with Crippen LogP contribution in [-0.4, -0.2) is 39.4 Å². The van der Waals surface area contributed by atoms with E-state index in [0.717, 1.165) is 11.3 Å². The summed E-state index contributed by atoms with van der Waals surface area (Å²) < 4.78 is 7.17. The van der Waals surface area contributed by atoms with Gasteiger partial charge in [-0.1, -0.05) is 48.2 Å². The number of rotatable bonds is 8. The van der Waals surface area contributed by atoms with E-state index in [1.807, 2.05) is 55.5 Å². The number of carbonyl (C=O) groups excluding carboxylic acids is 2. The topological polar surface area (TPSA) is 98.1 Å². The minimum Gasteiger partial charge on any atom is -0.495 e. The average Bonchev–Trinajstić information content (AvgIpc) is 3.31. The van der Waals surface area contributed by atoms with Crippen molar-refractivity contribution in [2.75, 3.05) is 23.5 Å². The number of benzene rings is 3. The molecule has 0 aliphatic rings. The zero-order valence-corrected chi connectivity index (χ0v) is 19.5. The molecule has 0 saturated carbocycles.